The first-order valence-corrected chi connectivity index (χ1v) is 8.36. The second-order valence-corrected chi connectivity index (χ2v) is 6.19. The lowest BCUT2D eigenvalue weighted by Gasteiger charge is -2.12. The van der Waals surface area contributed by atoms with E-state index in [9.17, 15) is 5.11 Å². The fourth-order valence-corrected chi connectivity index (χ4v) is 2.94. The summed E-state index contributed by atoms with van der Waals surface area (Å²) in [6.45, 7) is 7.64. The third-order valence-corrected chi connectivity index (χ3v) is 4.44. The summed E-state index contributed by atoms with van der Waals surface area (Å²) >= 11 is 0. The van der Waals surface area contributed by atoms with Gasteiger partial charge in [0.25, 0.3) is 0 Å². The van der Waals surface area contributed by atoms with E-state index in [1.165, 1.54) is 11.1 Å². The molecule has 0 bridgehead atoms. The molecule has 1 heterocycles. The number of aryl methyl sites for hydroxylation is 3. The Bertz CT molecular complexity index is 852. The van der Waals surface area contributed by atoms with E-state index in [1.54, 1.807) is 0 Å². The number of aromatic nitrogens is 2. The summed E-state index contributed by atoms with van der Waals surface area (Å²) < 4.78 is 8.10. The SMILES string of the molecule is Cc1cc2nc(CCO)n(CCOc3ccccc3C)c2cc1C. The molecule has 4 heteroatoms. The van der Waals surface area contributed by atoms with E-state index in [-0.39, 0.29) is 6.61 Å². The van der Waals surface area contributed by atoms with Gasteiger partial charge in [0.2, 0.25) is 0 Å². The molecule has 0 aliphatic heterocycles. The van der Waals surface area contributed by atoms with Gasteiger partial charge in [-0.2, -0.15) is 0 Å². The number of fused-ring (bicyclic) bond motifs is 1. The van der Waals surface area contributed by atoms with Gasteiger partial charge in [0.05, 0.1) is 24.2 Å². The van der Waals surface area contributed by atoms with E-state index in [1.807, 2.05) is 31.2 Å². The van der Waals surface area contributed by atoms with Crippen LogP contribution < -0.4 is 4.74 Å². The van der Waals surface area contributed by atoms with Crippen molar-refractivity contribution in [1.82, 2.24) is 9.55 Å². The minimum absolute atomic E-state index is 0.0972. The highest BCUT2D eigenvalue weighted by molar-refractivity contribution is 5.78. The van der Waals surface area contributed by atoms with Crippen molar-refractivity contribution < 1.29 is 9.84 Å². The molecule has 0 spiro atoms. The summed E-state index contributed by atoms with van der Waals surface area (Å²) in [5.74, 6) is 1.82. The predicted octanol–water partition coefficient (Wildman–Crippen LogP) is 3.58. The standard InChI is InChI=1S/C20H24N2O2/c1-14-6-4-5-7-19(14)24-11-9-22-18-13-16(3)15(2)12-17(18)21-20(22)8-10-23/h4-7,12-13,23H,8-11H2,1-3H3. The van der Waals surface area contributed by atoms with Gasteiger partial charge in [-0.25, -0.2) is 4.98 Å². The Morgan fingerprint density at radius 3 is 2.54 bits per heavy atom. The first-order valence-electron chi connectivity index (χ1n) is 8.36. The molecule has 0 saturated carbocycles. The summed E-state index contributed by atoms with van der Waals surface area (Å²) in [7, 11) is 0. The van der Waals surface area contributed by atoms with Gasteiger partial charge < -0.3 is 14.4 Å². The topological polar surface area (TPSA) is 47.3 Å². The van der Waals surface area contributed by atoms with Crippen molar-refractivity contribution in [3.63, 3.8) is 0 Å². The molecule has 1 N–H and O–H groups in total. The monoisotopic (exact) mass is 324 g/mol. The van der Waals surface area contributed by atoms with E-state index in [0.717, 1.165) is 28.2 Å². The Hall–Kier alpha value is -2.33. The lowest BCUT2D eigenvalue weighted by atomic mass is 10.1. The normalized spacial score (nSPS) is 11.2. The van der Waals surface area contributed by atoms with Crippen molar-refractivity contribution in [2.24, 2.45) is 0 Å². The Morgan fingerprint density at radius 2 is 1.79 bits per heavy atom. The molecule has 1 aromatic heterocycles. The largest absolute Gasteiger partial charge is 0.491 e. The highest BCUT2D eigenvalue weighted by Crippen LogP contribution is 2.22. The van der Waals surface area contributed by atoms with Crippen LogP contribution >= 0.6 is 0 Å². The van der Waals surface area contributed by atoms with Crippen LogP contribution in [0.1, 0.15) is 22.5 Å². The van der Waals surface area contributed by atoms with Crippen LogP contribution in [0, 0.1) is 20.8 Å². The van der Waals surface area contributed by atoms with Crippen LogP contribution in [0.5, 0.6) is 5.75 Å². The van der Waals surface area contributed by atoms with Crippen LogP contribution in [0.4, 0.5) is 0 Å². The van der Waals surface area contributed by atoms with Gasteiger partial charge >= 0.3 is 0 Å². The highest BCUT2D eigenvalue weighted by Gasteiger charge is 2.12. The van der Waals surface area contributed by atoms with E-state index in [4.69, 9.17) is 9.72 Å². The number of para-hydroxylation sites is 1. The number of nitrogens with zero attached hydrogens (tertiary/aromatic N) is 2. The number of aliphatic hydroxyl groups is 1. The van der Waals surface area contributed by atoms with Crippen LogP contribution in [-0.2, 0) is 13.0 Å². The molecule has 0 atom stereocenters. The molecule has 3 rings (SSSR count). The molecule has 0 radical (unpaired) electrons. The van der Waals surface area contributed by atoms with Gasteiger partial charge in [0.15, 0.2) is 0 Å². The second kappa shape index (κ2) is 7.05. The maximum atomic E-state index is 9.33. The number of benzene rings is 2. The number of imidazole rings is 1. The quantitative estimate of drug-likeness (QED) is 0.754. The van der Waals surface area contributed by atoms with Crippen molar-refractivity contribution in [2.75, 3.05) is 13.2 Å². The lowest BCUT2D eigenvalue weighted by molar-refractivity contribution is 0.283. The van der Waals surface area contributed by atoms with Crippen LogP contribution in [-0.4, -0.2) is 27.9 Å². The maximum absolute atomic E-state index is 9.33. The predicted molar refractivity (Wildman–Crippen MR) is 96.7 cm³/mol. The molecule has 0 unspecified atom stereocenters. The number of ether oxygens (including phenoxy) is 1. The molecule has 3 aromatic rings. The smallest absolute Gasteiger partial charge is 0.122 e. The second-order valence-electron chi connectivity index (χ2n) is 6.19. The van der Waals surface area contributed by atoms with Crippen LogP contribution in [0.15, 0.2) is 36.4 Å². The van der Waals surface area contributed by atoms with Gasteiger partial charge in [-0.3, -0.25) is 0 Å². The Balaban J connectivity index is 1.85. The van der Waals surface area contributed by atoms with Crippen molar-refractivity contribution in [3.05, 3.63) is 58.9 Å². The third kappa shape index (κ3) is 3.29. The average molecular weight is 324 g/mol. The van der Waals surface area contributed by atoms with Gasteiger partial charge in [-0.05, 0) is 55.7 Å². The van der Waals surface area contributed by atoms with E-state index in [2.05, 4.69) is 30.5 Å². The van der Waals surface area contributed by atoms with E-state index >= 15 is 0 Å². The van der Waals surface area contributed by atoms with Crippen LogP contribution in [0.3, 0.4) is 0 Å². The van der Waals surface area contributed by atoms with Gasteiger partial charge in [-0.15, -0.1) is 0 Å². The molecule has 126 valence electrons. The number of hydrogen-bond donors (Lipinski definition) is 1. The Morgan fingerprint density at radius 1 is 1.04 bits per heavy atom. The molecular weight excluding hydrogens is 300 g/mol. The van der Waals surface area contributed by atoms with Crippen LogP contribution in [0.2, 0.25) is 0 Å². The first-order chi connectivity index (χ1) is 11.6. The highest BCUT2D eigenvalue weighted by atomic mass is 16.5. The molecule has 0 aliphatic rings. The molecule has 0 fully saturated rings. The molecular formula is C20H24N2O2. The maximum Gasteiger partial charge on any atom is 0.122 e. The fourth-order valence-electron chi connectivity index (χ4n) is 2.94. The minimum Gasteiger partial charge on any atom is -0.491 e. The van der Waals surface area contributed by atoms with Crippen molar-refractivity contribution in [1.29, 1.82) is 0 Å². The minimum atomic E-state index is 0.0972. The zero-order valence-corrected chi connectivity index (χ0v) is 14.5. The molecule has 0 aliphatic carbocycles. The first kappa shape index (κ1) is 16.5. The number of hydrogen-bond acceptors (Lipinski definition) is 3. The fraction of sp³-hybridized carbons (Fsp3) is 0.350. The summed E-state index contributed by atoms with van der Waals surface area (Å²) in [4.78, 5) is 4.69. The van der Waals surface area contributed by atoms with Gasteiger partial charge in [0, 0.05) is 6.42 Å². The summed E-state index contributed by atoms with van der Waals surface area (Å²) in [6.07, 6.45) is 0.553. The average Bonchev–Trinajstić information content (AvgIpc) is 2.87. The summed E-state index contributed by atoms with van der Waals surface area (Å²) in [6, 6.07) is 12.3. The number of aliphatic hydroxyl groups excluding tert-OH is 1. The zero-order chi connectivity index (χ0) is 17.1. The van der Waals surface area contributed by atoms with E-state index in [0.29, 0.717) is 19.6 Å². The van der Waals surface area contributed by atoms with Gasteiger partial charge in [0.1, 0.15) is 18.2 Å². The third-order valence-electron chi connectivity index (χ3n) is 4.44. The van der Waals surface area contributed by atoms with Crippen molar-refractivity contribution in [2.45, 2.75) is 33.7 Å². The van der Waals surface area contributed by atoms with Crippen molar-refractivity contribution in [3.8, 4) is 5.75 Å². The molecule has 0 saturated heterocycles. The van der Waals surface area contributed by atoms with Crippen molar-refractivity contribution >= 4 is 11.0 Å². The molecule has 24 heavy (non-hydrogen) atoms. The zero-order valence-electron chi connectivity index (χ0n) is 14.5. The lowest BCUT2D eigenvalue weighted by Crippen LogP contribution is -2.12. The Labute approximate surface area is 142 Å². The Kier molecular flexibility index (Phi) is 4.86. The molecule has 0 amide bonds. The van der Waals surface area contributed by atoms with Gasteiger partial charge in [-0.1, -0.05) is 18.2 Å². The summed E-state index contributed by atoms with van der Waals surface area (Å²) in [5, 5.41) is 9.33. The van der Waals surface area contributed by atoms with Crippen LogP contribution in [0.25, 0.3) is 11.0 Å². The van der Waals surface area contributed by atoms with E-state index < -0.39 is 0 Å². The number of rotatable bonds is 6. The summed E-state index contributed by atoms with van der Waals surface area (Å²) in [5.41, 5.74) is 5.71. The molecule has 2 aromatic carbocycles. The molecule has 4 nitrogen and oxygen atoms in total.